The molecule has 0 radical (unpaired) electrons. The van der Waals surface area contributed by atoms with Crippen LogP contribution in [0.3, 0.4) is 0 Å². The molecule has 0 N–H and O–H groups in total. The Balaban J connectivity index is 2.07. The van der Waals surface area contributed by atoms with E-state index in [9.17, 15) is 4.79 Å². The van der Waals surface area contributed by atoms with Gasteiger partial charge >= 0.3 is 0 Å². The van der Waals surface area contributed by atoms with Gasteiger partial charge in [0, 0.05) is 12.6 Å². The summed E-state index contributed by atoms with van der Waals surface area (Å²) >= 11 is 0. The van der Waals surface area contributed by atoms with Crippen molar-refractivity contribution in [2.45, 2.75) is 0 Å². The summed E-state index contributed by atoms with van der Waals surface area (Å²) < 4.78 is 0. The Labute approximate surface area is 116 Å². The molecule has 2 aromatic rings. The Hall–Kier alpha value is -3.00. The second-order valence-electron chi connectivity index (χ2n) is 4.04. The lowest BCUT2D eigenvalue weighted by Crippen LogP contribution is -2.20. The smallest absolute Gasteiger partial charge is 0.267 e. The van der Waals surface area contributed by atoms with E-state index in [1.807, 2.05) is 12.1 Å². The normalized spacial score (nSPS) is 10.2. The molecule has 0 aliphatic heterocycles. The maximum Gasteiger partial charge on any atom is 0.275 e. The summed E-state index contributed by atoms with van der Waals surface area (Å²) in [7, 11) is 1.54. The highest BCUT2D eigenvalue weighted by molar-refractivity contribution is 5.93. The third-order valence-corrected chi connectivity index (χ3v) is 2.61. The minimum atomic E-state index is -0.233. The highest BCUT2D eigenvalue weighted by Gasteiger charge is 2.09. The number of rotatable bonds is 3. The van der Waals surface area contributed by atoms with Crippen LogP contribution in [-0.2, 0) is 0 Å². The average Bonchev–Trinajstić information content (AvgIpc) is 2.53. The van der Waals surface area contributed by atoms with Crippen molar-refractivity contribution >= 4 is 11.6 Å². The van der Waals surface area contributed by atoms with Crippen LogP contribution in [0.25, 0.3) is 0 Å². The Morgan fingerprint density at radius 2 is 1.75 bits per heavy atom. The van der Waals surface area contributed by atoms with Gasteiger partial charge in [-0.15, -0.1) is 5.11 Å². The maximum absolute atomic E-state index is 12.0. The van der Waals surface area contributed by atoms with E-state index in [0.29, 0.717) is 16.8 Å². The molecule has 0 aliphatic rings. The van der Waals surface area contributed by atoms with Crippen molar-refractivity contribution in [3.05, 3.63) is 65.7 Å². The molecular formula is C15H12N4O. The third-order valence-electron chi connectivity index (χ3n) is 2.61. The van der Waals surface area contributed by atoms with Crippen LogP contribution >= 0.6 is 0 Å². The van der Waals surface area contributed by atoms with Crippen LogP contribution in [0.2, 0.25) is 0 Å². The summed E-state index contributed by atoms with van der Waals surface area (Å²) in [5, 5.41) is 17.7. The van der Waals surface area contributed by atoms with Gasteiger partial charge in [-0.1, -0.05) is 23.4 Å². The molecule has 0 unspecified atom stereocenters. The van der Waals surface area contributed by atoms with Crippen LogP contribution in [0.15, 0.2) is 64.9 Å². The van der Waals surface area contributed by atoms with Crippen molar-refractivity contribution in [3.8, 4) is 6.07 Å². The molecule has 0 spiro atoms. The lowest BCUT2D eigenvalue weighted by Gasteiger charge is -2.08. The van der Waals surface area contributed by atoms with Crippen molar-refractivity contribution in [1.82, 2.24) is 5.01 Å². The first-order chi connectivity index (χ1) is 9.70. The monoisotopic (exact) mass is 264 g/mol. The number of nitrogens with zero attached hydrogens (tertiary/aromatic N) is 4. The van der Waals surface area contributed by atoms with Gasteiger partial charge in [-0.3, -0.25) is 4.79 Å². The molecule has 1 amide bonds. The SMILES string of the molecule is CN(N=Nc1ccc(C#N)cc1)C(=O)c1ccccc1. The average molecular weight is 264 g/mol. The quantitative estimate of drug-likeness (QED) is 0.630. The van der Waals surface area contributed by atoms with Crippen molar-refractivity contribution in [3.63, 3.8) is 0 Å². The molecule has 5 heteroatoms. The molecular weight excluding hydrogens is 252 g/mol. The van der Waals surface area contributed by atoms with E-state index in [1.165, 1.54) is 5.01 Å². The van der Waals surface area contributed by atoms with E-state index < -0.39 is 0 Å². The number of hydrogen-bond donors (Lipinski definition) is 0. The van der Waals surface area contributed by atoms with Crippen molar-refractivity contribution in [2.75, 3.05) is 7.05 Å². The molecule has 0 bridgehead atoms. The number of hydrogen-bond acceptors (Lipinski definition) is 4. The van der Waals surface area contributed by atoms with E-state index in [4.69, 9.17) is 5.26 Å². The number of amides is 1. The Morgan fingerprint density at radius 3 is 2.35 bits per heavy atom. The van der Waals surface area contributed by atoms with E-state index in [-0.39, 0.29) is 5.91 Å². The summed E-state index contributed by atoms with van der Waals surface area (Å²) in [6.45, 7) is 0. The summed E-state index contributed by atoms with van der Waals surface area (Å²) in [6.07, 6.45) is 0. The lowest BCUT2D eigenvalue weighted by molar-refractivity contribution is 0.0788. The number of carbonyl (C=O) groups is 1. The third kappa shape index (κ3) is 3.27. The van der Waals surface area contributed by atoms with E-state index in [1.54, 1.807) is 55.6 Å². The number of benzene rings is 2. The second-order valence-corrected chi connectivity index (χ2v) is 4.04. The molecule has 0 atom stereocenters. The van der Waals surface area contributed by atoms with E-state index in [0.717, 1.165) is 0 Å². The van der Waals surface area contributed by atoms with Gasteiger partial charge in [-0.2, -0.15) is 5.26 Å². The van der Waals surface area contributed by atoms with Crippen molar-refractivity contribution < 1.29 is 4.79 Å². The first-order valence-corrected chi connectivity index (χ1v) is 5.95. The standard InChI is InChI=1S/C15H12N4O/c1-19(15(20)13-5-3-2-4-6-13)18-17-14-9-7-12(11-16)8-10-14/h2-10H,1H3. The lowest BCUT2D eigenvalue weighted by atomic mass is 10.2. The predicted octanol–water partition coefficient (Wildman–Crippen LogP) is 3.33. The molecule has 0 heterocycles. The predicted molar refractivity (Wildman–Crippen MR) is 74.2 cm³/mol. The number of carbonyl (C=O) groups excluding carboxylic acids is 1. The number of nitriles is 1. The molecule has 0 saturated carbocycles. The first-order valence-electron chi connectivity index (χ1n) is 5.95. The van der Waals surface area contributed by atoms with Crippen LogP contribution in [0, 0.1) is 11.3 Å². The van der Waals surface area contributed by atoms with Crippen LogP contribution in [-0.4, -0.2) is 18.0 Å². The van der Waals surface area contributed by atoms with Gasteiger partial charge in [0.25, 0.3) is 5.91 Å². The summed E-state index contributed by atoms with van der Waals surface area (Å²) in [6, 6.07) is 17.5. The minimum Gasteiger partial charge on any atom is -0.267 e. The highest BCUT2D eigenvalue weighted by atomic mass is 16.2. The zero-order valence-corrected chi connectivity index (χ0v) is 10.9. The van der Waals surface area contributed by atoms with Gasteiger partial charge in [0.15, 0.2) is 0 Å². The van der Waals surface area contributed by atoms with Crippen LogP contribution < -0.4 is 0 Å². The van der Waals surface area contributed by atoms with Gasteiger partial charge in [0.05, 0.1) is 17.3 Å². The van der Waals surface area contributed by atoms with Crippen LogP contribution in [0.5, 0.6) is 0 Å². The van der Waals surface area contributed by atoms with Gasteiger partial charge < -0.3 is 0 Å². The fourth-order valence-corrected chi connectivity index (χ4v) is 1.53. The zero-order valence-electron chi connectivity index (χ0n) is 10.9. The Kier molecular flexibility index (Phi) is 4.20. The fourth-order valence-electron chi connectivity index (χ4n) is 1.53. The fraction of sp³-hybridized carbons (Fsp3) is 0.0667. The zero-order chi connectivity index (χ0) is 14.4. The molecule has 2 aromatic carbocycles. The molecule has 2 rings (SSSR count). The van der Waals surface area contributed by atoms with Crippen molar-refractivity contribution in [2.24, 2.45) is 10.3 Å². The molecule has 5 nitrogen and oxygen atoms in total. The van der Waals surface area contributed by atoms with E-state index >= 15 is 0 Å². The summed E-state index contributed by atoms with van der Waals surface area (Å²) in [4.78, 5) is 12.0. The van der Waals surface area contributed by atoms with Gasteiger partial charge in [-0.05, 0) is 36.4 Å². The van der Waals surface area contributed by atoms with E-state index in [2.05, 4.69) is 10.3 Å². The highest BCUT2D eigenvalue weighted by Crippen LogP contribution is 2.14. The Bertz CT molecular complexity index is 657. The molecule has 0 fully saturated rings. The van der Waals surface area contributed by atoms with Gasteiger partial charge in [-0.25, -0.2) is 5.01 Å². The van der Waals surface area contributed by atoms with Crippen molar-refractivity contribution in [1.29, 1.82) is 5.26 Å². The second kappa shape index (κ2) is 6.25. The van der Waals surface area contributed by atoms with Crippen LogP contribution in [0.4, 0.5) is 5.69 Å². The maximum atomic E-state index is 12.0. The molecule has 0 aromatic heterocycles. The van der Waals surface area contributed by atoms with Gasteiger partial charge in [0.1, 0.15) is 0 Å². The molecule has 0 aliphatic carbocycles. The summed E-state index contributed by atoms with van der Waals surface area (Å²) in [5.41, 5.74) is 1.68. The molecule has 0 saturated heterocycles. The largest absolute Gasteiger partial charge is 0.275 e. The first kappa shape index (κ1) is 13.4. The molecule has 98 valence electrons. The van der Waals surface area contributed by atoms with Crippen LogP contribution in [0.1, 0.15) is 15.9 Å². The Morgan fingerprint density at radius 1 is 1.10 bits per heavy atom. The summed E-state index contributed by atoms with van der Waals surface area (Å²) in [5.74, 6) is -0.233. The minimum absolute atomic E-state index is 0.233. The molecule has 20 heavy (non-hydrogen) atoms. The topological polar surface area (TPSA) is 68.8 Å². The van der Waals surface area contributed by atoms with Gasteiger partial charge in [0.2, 0.25) is 0 Å².